The molecule has 0 aromatic heterocycles. The summed E-state index contributed by atoms with van der Waals surface area (Å²) in [4.78, 5) is 0. The molecule has 3 atom stereocenters. The molecule has 6 nitrogen and oxygen atoms in total. The predicted octanol–water partition coefficient (Wildman–Crippen LogP) is 4.31. The molecule has 0 amide bonds. The SMILES string of the molecule is Cc1c(C)c2c(c(C)c1OCC[N+](CCO)(CCO)CCO)CCC(C)(CCCC(C)CCCC(C)CCCC(C)C)O2.[Cl-]. The van der Waals surface area contributed by atoms with Gasteiger partial charge in [0.15, 0.2) is 0 Å². The second-order valence-electron chi connectivity index (χ2n) is 14.7. The monoisotopic (exact) mass is 641 g/mol. The zero-order chi connectivity index (χ0) is 32.0. The van der Waals surface area contributed by atoms with Gasteiger partial charge in [-0.25, -0.2) is 0 Å². The molecule has 1 aliphatic rings. The van der Waals surface area contributed by atoms with Gasteiger partial charge in [-0.05, 0) is 87.8 Å². The number of nitrogens with zero attached hydrogens (tertiary/aromatic N) is 1. The van der Waals surface area contributed by atoms with E-state index < -0.39 is 0 Å². The van der Waals surface area contributed by atoms with Gasteiger partial charge in [0.05, 0.1) is 19.8 Å². The second-order valence-corrected chi connectivity index (χ2v) is 14.7. The fourth-order valence-electron chi connectivity index (χ4n) is 7.13. The molecule has 1 aromatic carbocycles. The maximum atomic E-state index is 9.61. The van der Waals surface area contributed by atoms with Crippen LogP contribution in [0.4, 0.5) is 0 Å². The Kier molecular flexibility index (Phi) is 18.9. The molecule has 0 radical (unpaired) electrons. The third-order valence-electron chi connectivity index (χ3n) is 10.4. The predicted molar refractivity (Wildman–Crippen MR) is 179 cm³/mol. The van der Waals surface area contributed by atoms with E-state index in [-0.39, 0.29) is 37.8 Å². The second kappa shape index (κ2) is 20.2. The molecule has 44 heavy (non-hydrogen) atoms. The van der Waals surface area contributed by atoms with E-state index in [2.05, 4.69) is 55.4 Å². The van der Waals surface area contributed by atoms with Crippen molar-refractivity contribution in [2.45, 2.75) is 132 Å². The minimum Gasteiger partial charge on any atom is -1.00 e. The Morgan fingerprint density at radius 2 is 1.27 bits per heavy atom. The highest BCUT2D eigenvalue weighted by molar-refractivity contribution is 5.59. The minimum absolute atomic E-state index is 0. The van der Waals surface area contributed by atoms with Crippen LogP contribution in [-0.4, -0.2) is 78.0 Å². The van der Waals surface area contributed by atoms with E-state index in [0.29, 0.717) is 37.3 Å². The van der Waals surface area contributed by atoms with Crippen LogP contribution in [0, 0.1) is 38.5 Å². The molecular formula is C37H68ClNO5. The molecule has 1 heterocycles. The first-order chi connectivity index (χ1) is 20.4. The van der Waals surface area contributed by atoms with Crippen LogP contribution < -0.4 is 21.9 Å². The number of benzene rings is 1. The van der Waals surface area contributed by atoms with Crippen LogP contribution in [0.25, 0.3) is 0 Å². The van der Waals surface area contributed by atoms with Gasteiger partial charge in [0.2, 0.25) is 0 Å². The first-order valence-electron chi connectivity index (χ1n) is 17.5. The number of aliphatic hydroxyl groups excluding tert-OH is 3. The molecule has 258 valence electrons. The van der Waals surface area contributed by atoms with Crippen molar-refractivity contribution in [3.63, 3.8) is 0 Å². The molecule has 1 aliphatic heterocycles. The lowest BCUT2D eigenvalue weighted by atomic mass is 9.83. The quantitative estimate of drug-likeness (QED) is 0.165. The number of quaternary nitrogens is 1. The highest BCUT2D eigenvalue weighted by atomic mass is 35.5. The molecule has 7 heteroatoms. The highest BCUT2D eigenvalue weighted by Gasteiger charge is 2.35. The summed E-state index contributed by atoms with van der Waals surface area (Å²) in [7, 11) is 0. The van der Waals surface area contributed by atoms with Crippen LogP contribution in [0.3, 0.4) is 0 Å². The lowest BCUT2D eigenvalue weighted by Gasteiger charge is -2.39. The third kappa shape index (κ3) is 12.6. The lowest BCUT2D eigenvalue weighted by Crippen LogP contribution is -3.00. The zero-order valence-electron chi connectivity index (χ0n) is 29.7. The fourth-order valence-corrected chi connectivity index (χ4v) is 7.13. The Balaban J connectivity index is 0.00000968. The normalized spacial score (nSPS) is 18.0. The summed E-state index contributed by atoms with van der Waals surface area (Å²) in [6.07, 6.45) is 13.8. The molecule has 1 aromatic rings. The number of fused-ring (bicyclic) bond motifs is 1. The Morgan fingerprint density at radius 1 is 0.750 bits per heavy atom. The van der Waals surface area contributed by atoms with Gasteiger partial charge in [0, 0.05) is 5.56 Å². The summed E-state index contributed by atoms with van der Waals surface area (Å²) in [5.41, 5.74) is 4.60. The molecule has 2 rings (SSSR count). The van der Waals surface area contributed by atoms with Crippen molar-refractivity contribution in [3.05, 3.63) is 22.3 Å². The van der Waals surface area contributed by atoms with Crippen molar-refractivity contribution in [3.8, 4) is 11.5 Å². The van der Waals surface area contributed by atoms with Gasteiger partial charge in [0.25, 0.3) is 0 Å². The van der Waals surface area contributed by atoms with E-state index in [1.54, 1.807) is 0 Å². The summed E-state index contributed by atoms with van der Waals surface area (Å²) >= 11 is 0. The number of aliphatic hydroxyl groups is 3. The van der Waals surface area contributed by atoms with E-state index in [1.165, 1.54) is 62.5 Å². The van der Waals surface area contributed by atoms with E-state index in [0.717, 1.165) is 59.6 Å². The molecule has 0 spiro atoms. The number of rotatable bonds is 22. The van der Waals surface area contributed by atoms with Crippen LogP contribution >= 0.6 is 0 Å². The average Bonchev–Trinajstić information content (AvgIpc) is 2.94. The number of hydrogen-bond acceptors (Lipinski definition) is 5. The summed E-state index contributed by atoms with van der Waals surface area (Å²) < 4.78 is 13.7. The van der Waals surface area contributed by atoms with Crippen LogP contribution in [0.5, 0.6) is 11.5 Å². The molecule has 0 saturated carbocycles. The van der Waals surface area contributed by atoms with E-state index >= 15 is 0 Å². The minimum atomic E-state index is -0.125. The van der Waals surface area contributed by atoms with Crippen molar-refractivity contribution in [2.24, 2.45) is 17.8 Å². The molecular weight excluding hydrogens is 574 g/mol. The van der Waals surface area contributed by atoms with Crippen molar-refractivity contribution in [1.29, 1.82) is 0 Å². The Labute approximate surface area is 276 Å². The van der Waals surface area contributed by atoms with Crippen LogP contribution in [0.2, 0.25) is 0 Å². The van der Waals surface area contributed by atoms with Crippen LogP contribution in [-0.2, 0) is 6.42 Å². The molecule has 0 saturated heterocycles. The van der Waals surface area contributed by atoms with E-state index in [9.17, 15) is 15.3 Å². The van der Waals surface area contributed by atoms with E-state index in [4.69, 9.17) is 9.47 Å². The maximum absolute atomic E-state index is 9.61. The first kappa shape index (κ1) is 41.0. The van der Waals surface area contributed by atoms with Crippen LogP contribution in [0.1, 0.15) is 121 Å². The number of halogens is 1. The Bertz CT molecular complexity index is 938. The van der Waals surface area contributed by atoms with Gasteiger partial charge in [0.1, 0.15) is 49.9 Å². The number of hydrogen-bond donors (Lipinski definition) is 3. The molecule has 0 aliphatic carbocycles. The van der Waals surface area contributed by atoms with Gasteiger partial charge in [-0.3, -0.25) is 0 Å². The lowest BCUT2D eigenvalue weighted by molar-refractivity contribution is -0.928. The molecule has 0 bridgehead atoms. The summed E-state index contributed by atoms with van der Waals surface area (Å²) in [6.45, 7) is 20.9. The molecule has 3 N–H and O–H groups in total. The smallest absolute Gasteiger partial charge is 0.137 e. The van der Waals surface area contributed by atoms with Crippen molar-refractivity contribution in [1.82, 2.24) is 0 Å². The zero-order valence-corrected chi connectivity index (χ0v) is 30.4. The fraction of sp³-hybridized carbons (Fsp3) is 0.838. The van der Waals surface area contributed by atoms with Gasteiger partial charge in [-0.2, -0.15) is 0 Å². The van der Waals surface area contributed by atoms with E-state index in [1.807, 2.05) is 0 Å². The Morgan fingerprint density at radius 3 is 1.80 bits per heavy atom. The van der Waals surface area contributed by atoms with Crippen molar-refractivity contribution >= 4 is 0 Å². The van der Waals surface area contributed by atoms with Crippen molar-refractivity contribution in [2.75, 3.05) is 52.6 Å². The average molecular weight is 642 g/mol. The largest absolute Gasteiger partial charge is 1.00 e. The maximum Gasteiger partial charge on any atom is 0.137 e. The van der Waals surface area contributed by atoms with Crippen LogP contribution in [0.15, 0.2) is 0 Å². The standard InChI is InChI=1S/C37H68NO5.ClH/c1-28(2)12-9-13-29(3)14-10-15-30(4)16-11-18-37(8)19-17-34-33(7)35(31(5)32(6)36(34)43-37)42-27-23-38(20-24-39,21-25-40)22-26-41;/h28-30,39-41H,9-27H2,1-8H3;1H/q+1;/p-1. The van der Waals surface area contributed by atoms with Gasteiger partial charge in [-0.15, -0.1) is 0 Å². The molecule has 3 unspecified atom stereocenters. The van der Waals surface area contributed by atoms with Crippen molar-refractivity contribution < 1.29 is 41.7 Å². The Hall–Kier alpha value is -1.05. The number of ether oxygens (including phenoxy) is 2. The summed E-state index contributed by atoms with van der Waals surface area (Å²) in [5, 5.41) is 28.8. The van der Waals surface area contributed by atoms with Gasteiger partial charge in [-0.1, -0.05) is 72.6 Å². The van der Waals surface area contributed by atoms with Gasteiger partial charge < -0.3 is 41.7 Å². The summed E-state index contributed by atoms with van der Waals surface area (Å²) in [6, 6.07) is 0. The highest BCUT2D eigenvalue weighted by Crippen LogP contribution is 2.45. The topological polar surface area (TPSA) is 79.2 Å². The molecule has 0 fully saturated rings. The summed E-state index contributed by atoms with van der Waals surface area (Å²) in [5.74, 6) is 4.45. The first-order valence-corrected chi connectivity index (χ1v) is 17.5. The third-order valence-corrected chi connectivity index (χ3v) is 10.4. The van der Waals surface area contributed by atoms with Gasteiger partial charge >= 0.3 is 0 Å².